The number of fused-ring (bicyclic) bond motifs is 1. The van der Waals surface area contributed by atoms with Crippen molar-refractivity contribution in [3.05, 3.63) is 59.7 Å². The number of hydrogen-bond donors (Lipinski definition) is 1. The monoisotopic (exact) mass is 401 g/mol. The predicted molar refractivity (Wildman–Crippen MR) is 100 cm³/mol. The summed E-state index contributed by atoms with van der Waals surface area (Å²) in [6.07, 6.45) is 1.82. The Hall–Kier alpha value is -3.69. The maximum atomic E-state index is 13.1. The zero-order valence-corrected chi connectivity index (χ0v) is 15.5. The van der Waals surface area contributed by atoms with Gasteiger partial charge in [-0.2, -0.15) is 13.5 Å². The van der Waals surface area contributed by atoms with E-state index in [0.717, 1.165) is 5.56 Å². The minimum atomic E-state index is -3.01. The molecule has 1 aromatic heterocycles. The highest BCUT2D eigenvalue weighted by Crippen LogP contribution is 2.41. The molecule has 0 aliphatic carbocycles. The van der Waals surface area contributed by atoms with Gasteiger partial charge >= 0.3 is 6.61 Å². The highest BCUT2D eigenvalue weighted by Gasteiger charge is 2.29. The molecule has 0 spiro atoms. The molecule has 0 unspecified atom stereocenters. The van der Waals surface area contributed by atoms with Crippen molar-refractivity contribution in [2.45, 2.75) is 12.7 Å². The number of tetrazole rings is 1. The van der Waals surface area contributed by atoms with Crippen molar-refractivity contribution >= 4 is 11.6 Å². The molecule has 0 saturated heterocycles. The molecule has 0 radical (unpaired) electrons. The molecule has 2 heterocycles. The first kappa shape index (κ1) is 18.7. The maximum absolute atomic E-state index is 13.1. The van der Waals surface area contributed by atoms with Gasteiger partial charge in [0.25, 0.3) is 0 Å². The van der Waals surface area contributed by atoms with Gasteiger partial charge < -0.3 is 19.5 Å². The summed E-state index contributed by atoms with van der Waals surface area (Å²) < 4.78 is 42.9. The zero-order valence-electron chi connectivity index (χ0n) is 15.5. The molecule has 8 nitrogen and oxygen atoms in total. The first-order valence-electron chi connectivity index (χ1n) is 8.63. The fourth-order valence-corrected chi connectivity index (χ4v) is 3.18. The topological polar surface area (TPSA) is 83.3 Å². The van der Waals surface area contributed by atoms with Gasteiger partial charge in [-0.05, 0) is 34.7 Å². The third kappa shape index (κ3) is 3.56. The number of hydrogen-bond acceptors (Lipinski definition) is 7. The van der Waals surface area contributed by atoms with E-state index in [2.05, 4.69) is 20.8 Å². The van der Waals surface area contributed by atoms with E-state index in [0.29, 0.717) is 23.0 Å². The van der Waals surface area contributed by atoms with Crippen LogP contribution in [0.5, 0.6) is 17.2 Å². The number of ether oxygens (including phenoxy) is 3. The molecule has 0 saturated carbocycles. The van der Waals surface area contributed by atoms with Gasteiger partial charge in [-0.15, -0.1) is 0 Å². The Bertz CT molecular complexity index is 1050. The fraction of sp³-hybridized carbons (Fsp3) is 0.211. The van der Waals surface area contributed by atoms with E-state index in [4.69, 9.17) is 14.2 Å². The smallest absolute Gasteiger partial charge is 0.387 e. The summed E-state index contributed by atoms with van der Waals surface area (Å²) in [6.45, 7) is -3.01. The third-order valence-corrected chi connectivity index (χ3v) is 4.46. The van der Waals surface area contributed by atoms with Crippen molar-refractivity contribution in [3.8, 4) is 17.2 Å². The number of allylic oxidation sites excluding steroid dienone is 1. The van der Waals surface area contributed by atoms with E-state index in [1.165, 1.54) is 11.8 Å². The quantitative estimate of drug-likeness (QED) is 0.678. The van der Waals surface area contributed by atoms with E-state index in [9.17, 15) is 8.78 Å². The molecule has 2 aromatic carbocycles. The molecular formula is C19H17F2N5O3. The van der Waals surface area contributed by atoms with Gasteiger partial charge in [-0.3, -0.25) is 0 Å². The highest BCUT2D eigenvalue weighted by molar-refractivity contribution is 5.77. The number of aromatic nitrogens is 4. The molecule has 1 aliphatic heterocycles. The van der Waals surface area contributed by atoms with Crippen LogP contribution in [0.2, 0.25) is 0 Å². The largest absolute Gasteiger partial charge is 0.497 e. The van der Waals surface area contributed by atoms with Crippen LogP contribution >= 0.6 is 0 Å². The SMILES string of the molecule is COc1cccc(C2=C[C@@H](c3cccc(OC)c3OC(F)F)n3nnnc3N2)c1. The molecule has 3 aromatic rings. The van der Waals surface area contributed by atoms with Crippen molar-refractivity contribution in [1.29, 1.82) is 0 Å². The number of rotatable bonds is 6. The molecule has 0 bridgehead atoms. The van der Waals surface area contributed by atoms with E-state index in [1.54, 1.807) is 25.3 Å². The van der Waals surface area contributed by atoms with Gasteiger partial charge in [0.1, 0.15) is 11.8 Å². The standard InChI is InChI=1S/C19H17F2N5O3/c1-27-12-6-3-5-11(9-12)14-10-15(26-19(22-14)23-24-25-26)13-7-4-8-16(28-2)17(13)29-18(20)21/h3-10,15,18H,1-2H3,(H,22,23,25)/t15-/m0/s1. The summed E-state index contributed by atoms with van der Waals surface area (Å²) in [5, 5.41) is 14.8. The number of alkyl halides is 2. The lowest BCUT2D eigenvalue weighted by molar-refractivity contribution is -0.0520. The first-order valence-corrected chi connectivity index (χ1v) is 8.63. The Morgan fingerprint density at radius 3 is 2.69 bits per heavy atom. The average Bonchev–Trinajstić information content (AvgIpc) is 3.21. The molecule has 150 valence electrons. The number of nitrogens with zero attached hydrogens (tertiary/aromatic N) is 4. The lowest BCUT2D eigenvalue weighted by Gasteiger charge is -2.25. The second-order valence-electron chi connectivity index (χ2n) is 6.09. The van der Waals surface area contributed by atoms with Crippen molar-refractivity contribution in [1.82, 2.24) is 20.2 Å². The van der Waals surface area contributed by atoms with Crippen LogP contribution < -0.4 is 19.5 Å². The summed E-state index contributed by atoms with van der Waals surface area (Å²) in [7, 11) is 2.97. The van der Waals surface area contributed by atoms with Crippen molar-refractivity contribution < 1.29 is 23.0 Å². The maximum Gasteiger partial charge on any atom is 0.387 e. The Morgan fingerprint density at radius 1 is 1.10 bits per heavy atom. The number of anilines is 1. The van der Waals surface area contributed by atoms with E-state index in [-0.39, 0.29) is 11.5 Å². The summed E-state index contributed by atoms with van der Waals surface area (Å²) in [5.41, 5.74) is 1.95. The molecular weight excluding hydrogens is 384 g/mol. The second-order valence-corrected chi connectivity index (χ2v) is 6.09. The Labute approximate surface area is 164 Å². The summed E-state index contributed by atoms with van der Waals surface area (Å²) in [5.74, 6) is 1.16. The minimum absolute atomic E-state index is 0.0698. The Balaban J connectivity index is 1.85. The molecule has 10 heteroatoms. The van der Waals surface area contributed by atoms with Crippen molar-refractivity contribution in [2.75, 3.05) is 19.5 Å². The second kappa shape index (κ2) is 7.74. The first-order chi connectivity index (χ1) is 14.1. The minimum Gasteiger partial charge on any atom is -0.497 e. The van der Waals surface area contributed by atoms with Crippen LogP contribution in [-0.4, -0.2) is 41.0 Å². The van der Waals surface area contributed by atoms with Gasteiger partial charge in [-0.25, -0.2) is 0 Å². The highest BCUT2D eigenvalue weighted by atomic mass is 19.3. The summed E-state index contributed by atoms with van der Waals surface area (Å²) in [6, 6.07) is 11.7. The van der Waals surface area contributed by atoms with Gasteiger partial charge in [0.15, 0.2) is 11.5 Å². The predicted octanol–water partition coefficient (Wildman–Crippen LogP) is 3.35. The molecule has 1 N–H and O–H groups in total. The lowest BCUT2D eigenvalue weighted by atomic mass is 10.0. The van der Waals surface area contributed by atoms with Crippen LogP contribution in [0.4, 0.5) is 14.7 Å². The van der Waals surface area contributed by atoms with Crippen LogP contribution in [-0.2, 0) is 0 Å². The summed E-state index contributed by atoms with van der Waals surface area (Å²) in [4.78, 5) is 0. The summed E-state index contributed by atoms with van der Waals surface area (Å²) >= 11 is 0. The van der Waals surface area contributed by atoms with E-state index in [1.807, 2.05) is 30.3 Å². The van der Waals surface area contributed by atoms with Crippen molar-refractivity contribution in [2.24, 2.45) is 0 Å². The molecule has 4 rings (SSSR count). The van der Waals surface area contributed by atoms with Crippen LogP contribution in [0.1, 0.15) is 17.2 Å². The Kier molecular flexibility index (Phi) is 4.98. The molecule has 1 atom stereocenters. The molecule has 1 aliphatic rings. The van der Waals surface area contributed by atoms with Gasteiger partial charge in [0, 0.05) is 16.8 Å². The van der Waals surface area contributed by atoms with Gasteiger partial charge in [0.2, 0.25) is 5.95 Å². The van der Waals surface area contributed by atoms with E-state index < -0.39 is 12.7 Å². The molecule has 29 heavy (non-hydrogen) atoms. The number of methoxy groups -OCH3 is 2. The number of para-hydroxylation sites is 1. The normalized spacial score (nSPS) is 15.3. The average molecular weight is 401 g/mol. The third-order valence-electron chi connectivity index (χ3n) is 4.46. The van der Waals surface area contributed by atoms with E-state index >= 15 is 0 Å². The molecule has 0 amide bonds. The number of halogens is 2. The van der Waals surface area contributed by atoms with Crippen LogP contribution in [0.3, 0.4) is 0 Å². The van der Waals surface area contributed by atoms with Crippen molar-refractivity contribution in [3.63, 3.8) is 0 Å². The molecule has 0 fully saturated rings. The lowest BCUT2D eigenvalue weighted by Crippen LogP contribution is -2.21. The fourth-order valence-electron chi connectivity index (χ4n) is 3.18. The van der Waals surface area contributed by atoms with Crippen LogP contribution in [0.15, 0.2) is 48.5 Å². The van der Waals surface area contributed by atoms with Gasteiger partial charge in [0.05, 0.1) is 14.2 Å². The Morgan fingerprint density at radius 2 is 1.93 bits per heavy atom. The zero-order chi connectivity index (χ0) is 20.4. The van der Waals surface area contributed by atoms with Crippen LogP contribution in [0, 0.1) is 0 Å². The van der Waals surface area contributed by atoms with Gasteiger partial charge in [-0.1, -0.05) is 29.4 Å². The number of nitrogens with one attached hydrogen (secondary N) is 1. The van der Waals surface area contributed by atoms with Crippen LogP contribution in [0.25, 0.3) is 5.70 Å². The number of benzene rings is 2.